The molecule has 2 aromatic rings. The Bertz CT molecular complexity index is 573. The van der Waals surface area contributed by atoms with Crippen LogP contribution < -0.4 is 0 Å². The molecule has 19 heavy (non-hydrogen) atoms. The number of benzene rings is 1. The molecule has 1 aromatic heterocycles. The van der Waals surface area contributed by atoms with Crippen LogP contribution in [0.1, 0.15) is 24.4 Å². The van der Waals surface area contributed by atoms with E-state index in [2.05, 4.69) is 15.9 Å². The molecule has 0 bridgehead atoms. The van der Waals surface area contributed by atoms with E-state index in [0.29, 0.717) is 24.6 Å². The molecule has 0 radical (unpaired) electrons. The smallest absolute Gasteiger partial charge is 0.289 e. The Labute approximate surface area is 121 Å². The summed E-state index contributed by atoms with van der Waals surface area (Å²) >= 11 is 3.48. The van der Waals surface area contributed by atoms with Gasteiger partial charge in [-0.15, -0.1) is 0 Å². The topological polar surface area (TPSA) is 33.5 Å². The quantitative estimate of drug-likeness (QED) is 0.845. The van der Waals surface area contributed by atoms with Crippen LogP contribution in [0.2, 0.25) is 0 Å². The molecule has 0 saturated heterocycles. The fraction of sp³-hybridized carbons (Fsp3) is 0.267. The number of rotatable bonds is 4. The van der Waals surface area contributed by atoms with Crippen LogP contribution in [-0.2, 0) is 0 Å². The van der Waals surface area contributed by atoms with Crippen LogP contribution in [0.5, 0.6) is 0 Å². The summed E-state index contributed by atoms with van der Waals surface area (Å²) in [6.07, 6.45) is 0. The van der Waals surface area contributed by atoms with Gasteiger partial charge in [-0.25, -0.2) is 0 Å². The van der Waals surface area contributed by atoms with E-state index in [1.807, 2.05) is 44.2 Å². The molecule has 2 rings (SSSR count). The van der Waals surface area contributed by atoms with Gasteiger partial charge in [0.2, 0.25) is 0 Å². The number of carbonyl (C=O) groups is 1. The summed E-state index contributed by atoms with van der Waals surface area (Å²) in [4.78, 5) is 13.9. The van der Waals surface area contributed by atoms with Gasteiger partial charge in [0, 0.05) is 23.1 Å². The van der Waals surface area contributed by atoms with E-state index in [1.165, 1.54) is 0 Å². The lowest BCUT2D eigenvalue weighted by Crippen LogP contribution is -2.30. The van der Waals surface area contributed by atoms with Crippen LogP contribution in [0, 0.1) is 0 Å². The number of furan rings is 1. The van der Waals surface area contributed by atoms with E-state index in [-0.39, 0.29) is 5.91 Å². The van der Waals surface area contributed by atoms with E-state index in [9.17, 15) is 4.79 Å². The van der Waals surface area contributed by atoms with Crippen molar-refractivity contribution in [3.63, 3.8) is 0 Å². The van der Waals surface area contributed by atoms with Gasteiger partial charge in [0.1, 0.15) is 5.76 Å². The van der Waals surface area contributed by atoms with E-state index in [4.69, 9.17) is 4.42 Å². The molecular formula is C15H16BrNO2. The van der Waals surface area contributed by atoms with Crippen LogP contribution in [0.25, 0.3) is 11.3 Å². The maximum absolute atomic E-state index is 12.2. The zero-order valence-electron chi connectivity index (χ0n) is 11.0. The van der Waals surface area contributed by atoms with Gasteiger partial charge in [0.05, 0.1) is 0 Å². The molecule has 1 amide bonds. The van der Waals surface area contributed by atoms with E-state index < -0.39 is 0 Å². The second-order valence-electron chi connectivity index (χ2n) is 4.12. The SMILES string of the molecule is CCN(CC)C(=O)c1ccc(-c2ccccc2Br)o1. The van der Waals surface area contributed by atoms with Gasteiger partial charge in [-0.05, 0) is 32.0 Å². The molecule has 0 N–H and O–H groups in total. The molecule has 1 heterocycles. The average Bonchev–Trinajstić information content (AvgIpc) is 2.90. The van der Waals surface area contributed by atoms with Gasteiger partial charge >= 0.3 is 0 Å². The van der Waals surface area contributed by atoms with Gasteiger partial charge in [-0.3, -0.25) is 4.79 Å². The minimum absolute atomic E-state index is 0.0664. The zero-order valence-corrected chi connectivity index (χ0v) is 12.6. The van der Waals surface area contributed by atoms with Crippen molar-refractivity contribution < 1.29 is 9.21 Å². The first-order valence-electron chi connectivity index (χ1n) is 6.31. The van der Waals surface area contributed by atoms with Gasteiger partial charge in [-0.1, -0.05) is 34.1 Å². The first-order chi connectivity index (χ1) is 9.17. The fourth-order valence-electron chi connectivity index (χ4n) is 1.93. The molecule has 0 unspecified atom stereocenters. The Morgan fingerprint density at radius 2 is 1.84 bits per heavy atom. The second-order valence-corrected chi connectivity index (χ2v) is 4.98. The summed E-state index contributed by atoms with van der Waals surface area (Å²) in [5.74, 6) is 1.01. The van der Waals surface area contributed by atoms with Crippen LogP contribution in [0.15, 0.2) is 45.3 Å². The van der Waals surface area contributed by atoms with Crippen LogP contribution >= 0.6 is 15.9 Å². The lowest BCUT2D eigenvalue weighted by Gasteiger charge is -2.16. The van der Waals surface area contributed by atoms with Gasteiger partial charge in [-0.2, -0.15) is 0 Å². The summed E-state index contributed by atoms with van der Waals surface area (Å²) in [6, 6.07) is 11.3. The van der Waals surface area contributed by atoms with Crippen molar-refractivity contribution in [3.8, 4) is 11.3 Å². The van der Waals surface area contributed by atoms with E-state index in [0.717, 1.165) is 10.0 Å². The maximum Gasteiger partial charge on any atom is 0.289 e. The normalized spacial score (nSPS) is 10.5. The highest BCUT2D eigenvalue weighted by Crippen LogP contribution is 2.29. The van der Waals surface area contributed by atoms with Crippen molar-refractivity contribution in [2.24, 2.45) is 0 Å². The molecule has 100 valence electrons. The minimum atomic E-state index is -0.0664. The molecule has 0 atom stereocenters. The Hall–Kier alpha value is -1.55. The van der Waals surface area contributed by atoms with Crippen LogP contribution in [0.3, 0.4) is 0 Å². The van der Waals surface area contributed by atoms with Crippen molar-refractivity contribution in [2.45, 2.75) is 13.8 Å². The fourth-order valence-corrected chi connectivity index (χ4v) is 2.41. The Morgan fingerprint density at radius 1 is 1.16 bits per heavy atom. The lowest BCUT2D eigenvalue weighted by atomic mass is 10.2. The molecule has 0 aliphatic rings. The monoisotopic (exact) mass is 321 g/mol. The summed E-state index contributed by atoms with van der Waals surface area (Å²) in [6.45, 7) is 5.28. The Morgan fingerprint density at radius 3 is 2.47 bits per heavy atom. The molecule has 0 spiro atoms. The Balaban J connectivity index is 2.29. The summed E-state index contributed by atoms with van der Waals surface area (Å²) in [5.41, 5.74) is 0.945. The number of carbonyl (C=O) groups excluding carboxylic acids is 1. The van der Waals surface area contributed by atoms with Gasteiger partial charge in [0.25, 0.3) is 5.91 Å². The lowest BCUT2D eigenvalue weighted by molar-refractivity contribution is 0.0742. The summed E-state index contributed by atoms with van der Waals surface area (Å²) in [7, 11) is 0. The molecule has 0 saturated carbocycles. The molecule has 1 aromatic carbocycles. The number of halogens is 1. The molecule has 0 fully saturated rings. The van der Waals surface area contributed by atoms with E-state index in [1.54, 1.807) is 11.0 Å². The third-order valence-electron chi connectivity index (χ3n) is 3.01. The van der Waals surface area contributed by atoms with Crippen LogP contribution in [0.4, 0.5) is 0 Å². The number of hydrogen-bond acceptors (Lipinski definition) is 2. The molecule has 0 aliphatic carbocycles. The van der Waals surface area contributed by atoms with Crippen molar-refractivity contribution in [3.05, 3.63) is 46.6 Å². The highest BCUT2D eigenvalue weighted by Gasteiger charge is 2.17. The largest absolute Gasteiger partial charge is 0.451 e. The number of hydrogen-bond donors (Lipinski definition) is 0. The predicted octanol–water partition coefficient (Wildman–Crippen LogP) is 4.19. The molecule has 4 heteroatoms. The average molecular weight is 322 g/mol. The summed E-state index contributed by atoms with van der Waals surface area (Å²) < 4.78 is 6.63. The molecule has 3 nitrogen and oxygen atoms in total. The number of amides is 1. The molecule has 0 aliphatic heterocycles. The third kappa shape index (κ3) is 2.89. The maximum atomic E-state index is 12.2. The standard InChI is InChI=1S/C15H16BrNO2/c1-3-17(4-2)15(18)14-10-9-13(19-14)11-7-5-6-8-12(11)16/h5-10H,3-4H2,1-2H3. The van der Waals surface area contributed by atoms with Gasteiger partial charge < -0.3 is 9.32 Å². The summed E-state index contributed by atoms with van der Waals surface area (Å²) in [5, 5.41) is 0. The van der Waals surface area contributed by atoms with E-state index >= 15 is 0 Å². The first-order valence-corrected chi connectivity index (χ1v) is 7.10. The van der Waals surface area contributed by atoms with Crippen molar-refractivity contribution >= 4 is 21.8 Å². The van der Waals surface area contributed by atoms with Crippen molar-refractivity contribution in [2.75, 3.05) is 13.1 Å². The Kier molecular flexibility index (Phi) is 4.43. The third-order valence-corrected chi connectivity index (χ3v) is 3.70. The number of nitrogens with zero attached hydrogens (tertiary/aromatic N) is 1. The first kappa shape index (κ1) is 13.9. The predicted molar refractivity (Wildman–Crippen MR) is 79.1 cm³/mol. The second kappa shape index (κ2) is 6.06. The highest BCUT2D eigenvalue weighted by atomic mass is 79.9. The molecular weight excluding hydrogens is 306 g/mol. The van der Waals surface area contributed by atoms with Crippen molar-refractivity contribution in [1.82, 2.24) is 4.90 Å². The van der Waals surface area contributed by atoms with Gasteiger partial charge in [0.15, 0.2) is 5.76 Å². The van der Waals surface area contributed by atoms with Crippen LogP contribution in [-0.4, -0.2) is 23.9 Å². The van der Waals surface area contributed by atoms with Crippen molar-refractivity contribution in [1.29, 1.82) is 0 Å². The highest BCUT2D eigenvalue weighted by molar-refractivity contribution is 9.10. The minimum Gasteiger partial charge on any atom is -0.451 e. The zero-order chi connectivity index (χ0) is 13.8.